The van der Waals surface area contributed by atoms with Crippen molar-refractivity contribution in [3.63, 3.8) is 0 Å². The van der Waals surface area contributed by atoms with Gasteiger partial charge in [-0.1, -0.05) is 0 Å². The number of aliphatic imine (C=N–C) groups is 1. The van der Waals surface area contributed by atoms with E-state index in [1.54, 1.807) is 36.9 Å². The number of nitrogens with zero attached hydrogens (tertiary/aromatic N) is 1. The number of hydroxylamine groups is 1. The van der Waals surface area contributed by atoms with Crippen molar-refractivity contribution in [3.05, 3.63) is 29.8 Å². The van der Waals surface area contributed by atoms with Crippen LogP contribution >= 0.6 is 0 Å². The minimum Gasteiger partial charge on any atom is -0.497 e. The Balaban J connectivity index is 2.15. The van der Waals surface area contributed by atoms with Gasteiger partial charge in [0.15, 0.2) is 6.04 Å². The van der Waals surface area contributed by atoms with Gasteiger partial charge in [-0.3, -0.25) is 10.0 Å². The van der Waals surface area contributed by atoms with E-state index in [0.717, 1.165) is 11.3 Å². The molecule has 1 heterocycles. The Hall–Kier alpha value is -2.08. The highest BCUT2D eigenvalue weighted by molar-refractivity contribution is 5.98. The van der Waals surface area contributed by atoms with E-state index in [2.05, 4.69) is 4.99 Å². The molecule has 1 aliphatic heterocycles. The first-order valence-corrected chi connectivity index (χ1v) is 5.03. The van der Waals surface area contributed by atoms with Gasteiger partial charge in [-0.25, -0.2) is 10.5 Å². The second-order valence-electron chi connectivity index (χ2n) is 3.47. The minimum absolute atomic E-state index is 0.133. The molecule has 0 saturated heterocycles. The quantitative estimate of drug-likeness (QED) is 0.586. The molecule has 0 unspecified atom stereocenters. The van der Waals surface area contributed by atoms with Crippen LogP contribution in [0, 0.1) is 0 Å². The van der Waals surface area contributed by atoms with Gasteiger partial charge in [-0.05, 0) is 24.3 Å². The molecule has 1 aromatic carbocycles. The number of carbonyl (C=O) groups is 1. The third-order valence-corrected chi connectivity index (χ3v) is 2.40. The van der Waals surface area contributed by atoms with Crippen molar-refractivity contribution in [1.82, 2.24) is 5.48 Å². The highest BCUT2D eigenvalue weighted by Gasteiger charge is 2.26. The molecule has 1 atom stereocenters. The Kier molecular flexibility index (Phi) is 3.24. The number of hydrogen-bond donors (Lipinski definition) is 2. The second kappa shape index (κ2) is 4.84. The Morgan fingerprint density at radius 3 is 2.82 bits per heavy atom. The maximum atomic E-state index is 11.1. The average Bonchev–Trinajstić information content (AvgIpc) is 2.87. The molecule has 0 saturated carbocycles. The molecule has 0 spiro atoms. The topological polar surface area (TPSA) is 80.2 Å². The SMILES string of the molecule is COc1ccc(C2=N[C@@H](C(=O)NO)CO2)cc1. The predicted molar refractivity (Wildman–Crippen MR) is 59.2 cm³/mol. The third-order valence-electron chi connectivity index (χ3n) is 2.40. The van der Waals surface area contributed by atoms with E-state index in [1.165, 1.54) is 0 Å². The van der Waals surface area contributed by atoms with Gasteiger partial charge >= 0.3 is 0 Å². The average molecular weight is 236 g/mol. The molecular weight excluding hydrogens is 224 g/mol. The molecule has 1 aromatic rings. The van der Waals surface area contributed by atoms with Crippen LogP contribution in [-0.4, -0.2) is 36.8 Å². The van der Waals surface area contributed by atoms with Gasteiger partial charge in [0.05, 0.1) is 7.11 Å². The first-order valence-electron chi connectivity index (χ1n) is 5.03. The zero-order valence-electron chi connectivity index (χ0n) is 9.21. The molecule has 6 nitrogen and oxygen atoms in total. The highest BCUT2D eigenvalue weighted by Crippen LogP contribution is 2.16. The maximum absolute atomic E-state index is 11.1. The summed E-state index contributed by atoms with van der Waals surface area (Å²) in [7, 11) is 1.58. The first kappa shape index (κ1) is 11.4. The van der Waals surface area contributed by atoms with Crippen LogP contribution in [0.2, 0.25) is 0 Å². The predicted octanol–water partition coefficient (Wildman–Crippen LogP) is 0.346. The van der Waals surface area contributed by atoms with E-state index < -0.39 is 11.9 Å². The molecule has 17 heavy (non-hydrogen) atoms. The number of methoxy groups -OCH3 is 1. The Morgan fingerprint density at radius 2 is 2.24 bits per heavy atom. The Morgan fingerprint density at radius 1 is 1.53 bits per heavy atom. The molecule has 1 amide bonds. The highest BCUT2D eigenvalue weighted by atomic mass is 16.5. The lowest BCUT2D eigenvalue weighted by Crippen LogP contribution is -2.31. The van der Waals surface area contributed by atoms with Crippen molar-refractivity contribution < 1.29 is 19.5 Å². The molecule has 0 bridgehead atoms. The van der Waals surface area contributed by atoms with Crippen molar-refractivity contribution >= 4 is 11.8 Å². The third kappa shape index (κ3) is 2.36. The van der Waals surface area contributed by atoms with Crippen LogP contribution in [0.25, 0.3) is 0 Å². The molecular formula is C11H12N2O4. The summed E-state index contributed by atoms with van der Waals surface area (Å²) in [6.07, 6.45) is 0. The summed E-state index contributed by atoms with van der Waals surface area (Å²) in [5.74, 6) is 0.548. The smallest absolute Gasteiger partial charge is 0.271 e. The van der Waals surface area contributed by atoms with E-state index in [0.29, 0.717) is 5.90 Å². The van der Waals surface area contributed by atoms with Gasteiger partial charge < -0.3 is 9.47 Å². The van der Waals surface area contributed by atoms with Crippen LogP contribution in [0.4, 0.5) is 0 Å². The summed E-state index contributed by atoms with van der Waals surface area (Å²) in [6.45, 7) is 0.133. The summed E-state index contributed by atoms with van der Waals surface area (Å²) >= 11 is 0. The van der Waals surface area contributed by atoms with Gasteiger partial charge in [0, 0.05) is 5.56 Å². The largest absolute Gasteiger partial charge is 0.497 e. The molecule has 0 aliphatic carbocycles. The number of rotatable bonds is 3. The van der Waals surface area contributed by atoms with Crippen LogP contribution in [0.15, 0.2) is 29.3 Å². The second-order valence-corrected chi connectivity index (χ2v) is 3.47. The van der Waals surface area contributed by atoms with E-state index in [9.17, 15) is 4.79 Å². The van der Waals surface area contributed by atoms with Crippen LogP contribution in [0.3, 0.4) is 0 Å². The fraction of sp³-hybridized carbons (Fsp3) is 0.273. The van der Waals surface area contributed by atoms with Crippen molar-refractivity contribution in [2.24, 2.45) is 4.99 Å². The standard InChI is InChI=1S/C11H12N2O4/c1-16-8-4-2-7(3-5-8)11-12-9(6-17-11)10(14)13-15/h2-5,9,15H,6H2,1H3,(H,13,14)/t9-/m1/s1. The molecule has 2 N–H and O–H groups in total. The zero-order valence-corrected chi connectivity index (χ0v) is 9.21. The van der Waals surface area contributed by atoms with Gasteiger partial charge in [0.25, 0.3) is 5.91 Å². The van der Waals surface area contributed by atoms with Crippen molar-refractivity contribution in [3.8, 4) is 5.75 Å². The van der Waals surface area contributed by atoms with E-state index >= 15 is 0 Å². The van der Waals surface area contributed by atoms with Gasteiger partial charge in [-0.2, -0.15) is 0 Å². The fourth-order valence-electron chi connectivity index (χ4n) is 1.47. The van der Waals surface area contributed by atoms with Gasteiger partial charge in [-0.15, -0.1) is 0 Å². The van der Waals surface area contributed by atoms with Crippen LogP contribution < -0.4 is 10.2 Å². The normalized spacial score (nSPS) is 18.2. The lowest BCUT2D eigenvalue weighted by molar-refractivity contribution is -0.130. The molecule has 0 radical (unpaired) electrons. The summed E-state index contributed by atoms with van der Waals surface area (Å²) in [4.78, 5) is 15.2. The summed E-state index contributed by atoms with van der Waals surface area (Å²) < 4.78 is 10.3. The molecule has 6 heteroatoms. The lowest BCUT2D eigenvalue weighted by atomic mass is 10.2. The number of nitrogens with one attached hydrogen (secondary N) is 1. The number of hydrogen-bond acceptors (Lipinski definition) is 5. The Labute approximate surface area is 97.8 Å². The van der Waals surface area contributed by atoms with Crippen LogP contribution in [-0.2, 0) is 9.53 Å². The monoisotopic (exact) mass is 236 g/mol. The van der Waals surface area contributed by atoms with E-state index in [-0.39, 0.29) is 6.61 Å². The van der Waals surface area contributed by atoms with E-state index in [1.807, 2.05) is 0 Å². The van der Waals surface area contributed by atoms with Crippen molar-refractivity contribution in [1.29, 1.82) is 0 Å². The molecule has 90 valence electrons. The van der Waals surface area contributed by atoms with Crippen LogP contribution in [0.1, 0.15) is 5.56 Å². The van der Waals surface area contributed by atoms with Gasteiger partial charge in [0.1, 0.15) is 12.4 Å². The summed E-state index contributed by atoms with van der Waals surface area (Å²) in [5.41, 5.74) is 2.31. The summed E-state index contributed by atoms with van der Waals surface area (Å²) in [5, 5.41) is 8.48. The molecule has 0 fully saturated rings. The first-order chi connectivity index (χ1) is 8.24. The molecule has 2 rings (SSSR count). The number of amides is 1. The Bertz CT molecular complexity index is 441. The maximum Gasteiger partial charge on any atom is 0.271 e. The van der Waals surface area contributed by atoms with E-state index in [4.69, 9.17) is 14.7 Å². The van der Waals surface area contributed by atoms with Crippen molar-refractivity contribution in [2.75, 3.05) is 13.7 Å². The number of carbonyl (C=O) groups excluding carboxylic acids is 1. The lowest BCUT2D eigenvalue weighted by Gasteiger charge is -2.02. The molecule has 0 aromatic heterocycles. The fourth-order valence-corrected chi connectivity index (χ4v) is 1.47. The van der Waals surface area contributed by atoms with Crippen molar-refractivity contribution in [2.45, 2.75) is 6.04 Å². The number of benzene rings is 1. The number of ether oxygens (including phenoxy) is 2. The van der Waals surface area contributed by atoms with Crippen LogP contribution in [0.5, 0.6) is 5.75 Å². The minimum atomic E-state index is -0.697. The molecule has 1 aliphatic rings. The van der Waals surface area contributed by atoms with Gasteiger partial charge in [0.2, 0.25) is 5.90 Å². The summed E-state index contributed by atoms with van der Waals surface area (Å²) in [6, 6.07) is 6.44. The zero-order chi connectivity index (χ0) is 12.3.